The molecule has 0 spiro atoms. The molecular weight excluding hydrogens is 388 g/mol. The fourth-order valence-electron chi connectivity index (χ4n) is 3.32. The zero-order valence-corrected chi connectivity index (χ0v) is 17.7. The van der Waals surface area contributed by atoms with E-state index in [4.69, 9.17) is 0 Å². The quantitative estimate of drug-likeness (QED) is 0.474. The number of anilines is 1. The molecule has 0 bridgehead atoms. The minimum absolute atomic E-state index is 0.143. The fourth-order valence-corrected chi connectivity index (χ4v) is 3.32. The van der Waals surface area contributed by atoms with Crippen molar-refractivity contribution in [2.75, 3.05) is 19.0 Å². The van der Waals surface area contributed by atoms with Crippen molar-refractivity contribution in [2.45, 2.75) is 6.92 Å². The molecule has 2 aliphatic rings. The zero-order valence-electron chi connectivity index (χ0n) is 17.7. The van der Waals surface area contributed by atoms with E-state index < -0.39 is 0 Å². The number of fused-ring (bicyclic) bond motifs is 1. The van der Waals surface area contributed by atoms with Gasteiger partial charge in [-0.25, -0.2) is 4.98 Å². The number of aromatic hydroxyl groups is 1. The Morgan fingerprint density at radius 3 is 2.35 bits per heavy atom. The van der Waals surface area contributed by atoms with Crippen LogP contribution in [0.15, 0.2) is 71.7 Å². The van der Waals surface area contributed by atoms with Crippen molar-refractivity contribution in [3.63, 3.8) is 0 Å². The first kappa shape index (κ1) is 20.2. The Labute approximate surface area is 180 Å². The third kappa shape index (κ3) is 4.28. The lowest BCUT2D eigenvalue weighted by Crippen LogP contribution is -2.15. The molecule has 2 aromatic rings. The van der Waals surface area contributed by atoms with Crippen LogP contribution in [0.3, 0.4) is 0 Å². The van der Waals surface area contributed by atoms with E-state index in [1.165, 1.54) is 0 Å². The van der Waals surface area contributed by atoms with Crippen molar-refractivity contribution in [1.29, 1.82) is 0 Å². The average Bonchev–Trinajstić information content (AvgIpc) is 3.05. The molecule has 6 nitrogen and oxygen atoms in total. The van der Waals surface area contributed by atoms with Crippen LogP contribution in [0.5, 0.6) is 5.75 Å². The van der Waals surface area contributed by atoms with E-state index in [1.54, 1.807) is 42.0 Å². The SMILES string of the molecule is Cc1nc2c(-c3ccc(O)cc3)[nH]c(/C=C/C=C/c3ccc(N(C)C)cc3)cn-2c1=O. The molecule has 6 heteroatoms. The van der Waals surface area contributed by atoms with Crippen LogP contribution in [-0.4, -0.2) is 33.7 Å². The number of H-pyrrole nitrogens is 1. The molecule has 2 N–H and O–H groups in total. The molecule has 0 atom stereocenters. The second-order valence-electron chi connectivity index (χ2n) is 7.53. The molecule has 0 aliphatic carbocycles. The Morgan fingerprint density at radius 1 is 1.00 bits per heavy atom. The van der Waals surface area contributed by atoms with Crippen LogP contribution in [-0.2, 0) is 0 Å². The van der Waals surface area contributed by atoms with Crippen LogP contribution in [0.2, 0.25) is 0 Å². The first-order valence-electron chi connectivity index (χ1n) is 9.96. The lowest BCUT2D eigenvalue weighted by Gasteiger charge is -2.11. The second kappa shape index (κ2) is 8.36. The van der Waals surface area contributed by atoms with Gasteiger partial charge in [-0.2, -0.15) is 0 Å². The van der Waals surface area contributed by atoms with Crippen LogP contribution in [0.4, 0.5) is 5.69 Å². The van der Waals surface area contributed by atoms with Gasteiger partial charge in [-0.3, -0.25) is 9.36 Å². The number of phenolic OH excluding ortho intramolecular Hbond substituents is 1. The Balaban J connectivity index is 1.65. The van der Waals surface area contributed by atoms with Gasteiger partial charge in [0.05, 0.1) is 11.4 Å². The van der Waals surface area contributed by atoms with Gasteiger partial charge >= 0.3 is 0 Å². The number of aromatic nitrogens is 3. The molecule has 156 valence electrons. The third-order valence-electron chi connectivity index (χ3n) is 5.03. The fraction of sp³-hybridized carbons (Fsp3) is 0.120. The number of aryl methyl sites for hydroxylation is 1. The summed E-state index contributed by atoms with van der Waals surface area (Å²) in [6.45, 7) is 1.70. The highest BCUT2D eigenvalue weighted by Crippen LogP contribution is 2.26. The van der Waals surface area contributed by atoms with E-state index in [2.05, 4.69) is 39.1 Å². The molecule has 2 aromatic carbocycles. The minimum atomic E-state index is -0.143. The zero-order chi connectivity index (χ0) is 22.0. The van der Waals surface area contributed by atoms with E-state index in [0.717, 1.165) is 28.2 Å². The molecule has 2 aliphatic heterocycles. The number of phenols is 1. The summed E-state index contributed by atoms with van der Waals surface area (Å²) in [5.41, 5.74) is 4.87. The van der Waals surface area contributed by atoms with Gasteiger partial charge in [-0.05, 0) is 55.0 Å². The molecule has 0 aromatic heterocycles. The van der Waals surface area contributed by atoms with Crippen molar-refractivity contribution in [3.05, 3.63) is 94.2 Å². The summed E-state index contributed by atoms with van der Waals surface area (Å²) in [4.78, 5) is 22.4. The predicted molar refractivity (Wildman–Crippen MR) is 126 cm³/mol. The normalized spacial score (nSPS) is 11.7. The minimum Gasteiger partial charge on any atom is -0.508 e. The molecular formula is C25H24N4O2. The number of allylic oxidation sites excluding steroid dienone is 2. The third-order valence-corrected chi connectivity index (χ3v) is 5.03. The first-order chi connectivity index (χ1) is 14.9. The van der Waals surface area contributed by atoms with Crippen molar-refractivity contribution >= 4 is 17.8 Å². The van der Waals surface area contributed by atoms with Gasteiger partial charge in [0.2, 0.25) is 0 Å². The monoisotopic (exact) mass is 412 g/mol. The van der Waals surface area contributed by atoms with Crippen LogP contribution in [0, 0.1) is 6.92 Å². The summed E-state index contributed by atoms with van der Waals surface area (Å²) in [6, 6.07) is 15.1. The maximum atomic E-state index is 12.5. The number of nitrogens with one attached hydrogen (secondary N) is 1. The molecule has 0 saturated heterocycles. The highest BCUT2D eigenvalue weighted by Gasteiger charge is 2.17. The van der Waals surface area contributed by atoms with Gasteiger partial charge in [0.25, 0.3) is 5.56 Å². The Bertz CT molecular complexity index is 1280. The number of benzene rings is 2. The topological polar surface area (TPSA) is 74.2 Å². The number of imidazole rings is 1. The van der Waals surface area contributed by atoms with Crippen molar-refractivity contribution < 1.29 is 5.11 Å². The van der Waals surface area contributed by atoms with Crippen LogP contribution in [0.1, 0.15) is 17.0 Å². The Hall–Kier alpha value is -4.06. The van der Waals surface area contributed by atoms with Gasteiger partial charge < -0.3 is 15.0 Å². The summed E-state index contributed by atoms with van der Waals surface area (Å²) in [5, 5.41) is 9.60. The van der Waals surface area contributed by atoms with Crippen molar-refractivity contribution in [3.8, 4) is 22.8 Å². The number of hydrogen-bond acceptors (Lipinski definition) is 4. The molecule has 0 unspecified atom stereocenters. The largest absolute Gasteiger partial charge is 0.508 e. The van der Waals surface area contributed by atoms with E-state index in [-0.39, 0.29) is 11.3 Å². The summed E-state index contributed by atoms with van der Waals surface area (Å²) < 4.78 is 1.55. The van der Waals surface area contributed by atoms with Crippen molar-refractivity contribution in [1.82, 2.24) is 14.5 Å². The smallest absolute Gasteiger partial charge is 0.277 e. The van der Waals surface area contributed by atoms with E-state index in [9.17, 15) is 9.90 Å². The Morgan fingerprint density at radius 2 is 1.68 bits per heavy atom. The highest BCUT2D eigenvalue weighted by molar-refractivity contribution is 5.70. The standard InChI is InChI=1S/C25H24N4O2/c1-17-25(31)29-16-20(7-5-4-6-18-8-12-21(13-9-18)28(2)3)27-23(24(29)26-17)19-10-14-22(30)15-11-19/h4-16,27,30H,1-3H3/b6-4+,7-5+. The molecule has 0 radical (unpaired) electrons. The summed E-state index contributed by atoms with van der Waals surface area (Å²) >= 11 is 0. The van der Waals surface area contributed by atoms with E-state index in [0.29, 0.717) is 11.5 Å². The molecule has 31 heavy (non-hydrogen) atoms. The number of hydrogen-bond donors (Lipinski definition) is 2. The highest BCUT2D eigenvalue weighted by atomic mass is 16.3. The van der Waals surface area contributed by atoms with Crippen molar-refractivity contribution in [2.24, 2.45) is 0 Å². The maximum absolute atomic E-state index is 12.5. The first-order valence-corrected chi connectivity index (χ1v) is 9.96. The summed E-state index contributed by atoms with van der Waals surface area (Å²) in [7, 11) is 4.03. The molecule has 0 fully saturated rings. The van der Waals surface area contributed by atoms with Gasteiger partial charge in [0.1, 0.15) is 11.4 Å². The van der Waals surface area contributed by atoms with E-state index in [1.807, 2.05) is 38.4 Å². The molecule has 2 heterocycles. The van der Waals surface area contributed by atoms with Crippen LogP contribution in [0.25, 0.3) is 29.2 Å². The second-order valence-corrected chi connectivity index (χ2v) is 7.53. The van der Waals surface area contributed by atoms with Gasteiger partial charge in [0.15, 0.2) is 5.82 Å². The van der Waals surface area contributed by atoms with Gasteiger partial charge in [-0.1, -0.05) is 30.4 Å². The van der Waals surface area contributed by atoms with E-state index >= 15 is 0 Å². The average molecular weight is 412 g/mol. The Kier molecular flexibility index (Phi) is 5.45. The van der Waals surface area contributed by atoms with Gasteiger partial charge in [0, 0.05) is 31.5 Å². The molecule has 4 rings (SSSR count). The molecule has 0 amide bonds. The predicted octanol–water partition coefficient (Wildman–Crippen LogP) is 4.47. The molecule has 0 saturated carbocycles. The summed E-state index contributed by atoms with van der Waals surface area (Å²) in [5.74, 6) is 0.741. The van der Waals surface area contributed by atoms with Crippen LogP contribution < -0.4 is 10.5 Å². The van der Waals surface area contributed by atoms with Crippen LogP contribution >= 0.6 is 0 Å². The lowest BCUT2D eigenvalue weighted by atomic mass is 10.1. The lowest BCUT2D eigenvalue weighted by molar-refractivity contribution is 0.475. The maximum Gasteiger partial charge on any atom is 0.277 e. The summed E-state index contributed by atoms with van der Waals surface area (Å²) in [6.07, 6.45) is 9.56. The number of aromatic amines is 1. The number of nitrogens with zero attached hydrogens (tertiary/aromatic N) is 3. The number of rotatable bonds is 5. The van der Waals surface area contributed by atoms with Gasteiger partial charge in [-0.15, -0.1) is 0 Å².